The Morgan fingerprint density at radius 2 is 0.509 bits per heavy atom. The zero-order valence-electron chi connectivity index (χ0n) is 57.6. The van der Waals surface area contributed by atoms with Gasteiger partial charge in [-0.15, -0.1) is 0 Å². The Bertz CT molecular complexity index is 7320. The van der Waals surface area contributed by atoms with Gasteiger partial charge in [0.2, 0.25) is 0 Å². The fourth-order valence-corrected chi connectivity index (χ4v) is 18.1. The number of benzene rings is 20. The molecule has 20 aromatic carbocycles. The maximum absolute atomic E-state index is 7.67. The van der Waals surface area contributed by atoms with E-state index in [0.29, 0.717) is 0 Å². The first-order valence-corrected chi connectivity index (χ1v) is 36.6. The van der Waals surface area contributed by atoms with Crippen LogP contribution in [-0.2, 0) is 0 Å². The third-order valence-corrected chi connectivity index (χ3v) is 22.7. The van der Waals surface area contributed by atoms with Crippen LogP contribution in [0.3, 0.4) is 0 Å². The second-order valence-electron chi connectivity index (χ2n) is 28.2. The van der Waals surface area contributed by atoms with Crippen molar-refractivity contribution in [1.82, 2.24) is 0 Å². The molecule has 0 N–H and O–H groups in total. The predicted molar refractivity (Wildman–Crippen MR) is 450 cm³/mol. The maximum Gasteiger partial charge on any atom is 0.143 e. The van der Waals surface area contributed by atoms with E-state index in [4.69, 9.17) is 8.83 Å². The van der Waals surface area contributed by atoms with Crippen LogP contribution in [0.25, 0.3) is 230 Å². The van der Waals surface area contributed by atoms with Gasteiger partial charge in [-0.1, -0.05) is 352 Å². The molecule has 2 heterocycles. The van der Waals surface area contributed by atoms with Crippen molar-refractivity contribution in [2.24, 2.45) is 0 Å². The van der Waals surface area contributed by atoms with Gasteiger partial charge in [-0.3, -0.25) is 0 Å². The topological polar surface area (TPSA) is 26.3 Å². The molecule has 22 aromatic rings. The standard InChI is InChI=1S/C104H62O2/c1-3-27-64(28-4-1)69-53-61-92-80-38-23-24-49-95(80)105-104(92)101(69)99-87-45-21-19-43-85(87)97(86-44-20-22-46-88(86)99)90-60-57-78(74-35-12-14-37-76(74)90)77-55-56-79(73-34-11-10-33-72(73)77)91-59-54-70(65-29-5-2-6-30-65)103-100(91)94-48-25-47-93(102(94)106-103)98-83-41-17-15-39-81(83)96(82-40-16-18-42-84(82)98)89-58-52-68(71-32-9-13-36-75(71)89)67-51-50-63-26-7-8-31-66(63)62-67/h1-62H. The fraction of sp³-hybridized carbons (Fsp3) is 0. The monoisotopic (exact) mass is 1340 g/mol. The lowest BCUT2D eigenvalue weighted by Gasteiger charge is -2.21. The third-order valence-electron chi connectivity index (χ3n) is 22.7. The van der Waals surface area contributed by atoms with Gasteiger partial charge in [-0.05, 0) is 183 Å². The van der Waals surface area contributed by atoms with Gasteiger partial charge in [-0.2, -0.15) is 0 Å². The molecule has 0 aliphatic heterocycles. The molecule has 22 rings (SSSR count). The molecule has 2 heteroatoms. The van der Waals surface area contributed by atoms with Crippen molar-refractivity contribution in [3.05, 3.63) is 376 Å². The second kappa shape index (κ2) is 23.8. The summed E-state index contributed by atoms with van der Waals surface area (Å²) in [7, 11) is 0. The van der Waals surface area contributed by atoms with Gasteiger partial charge < -0.3 is 8.83 Å². The van der Waals surface area contributed by atoms with Crippen LogP contribution < -0.4 is 0 Å². The highest BCUT2D eigenvalue weighted by Crippen LogP contribution is 2.55. The zero-order chi connectivity index (χ0) is 69.5. The molecule has 490 valence electrons. The van der Waals surface area contributed by atoms with Gasteiger partial charge in [0.25, 0.3) is 0 Å². The highest BCUT2D eigenvalue weighted by atomic mass is 16.3. The summed E-state index contributed by atoms with van der Waals surface area (Å²) in [5, 5.41) is 23.4. The molecule has 0 amide bonds. The van der Waals surface area contributed by atoms with Gasteiger partial charge >= 0.3 is 0 Å². The molecule has 0 radical (unpaired) electrons. The minimum Gasteiger partial charge on any atom is -0.455 e. The lowest BCUT2D eigenvalue weighted by molar-refractivity contribution is 0.670. The molecule has 0 atom stereocenters. The molecular weight excluding hydrogens is 1280 g/mol. The average Bonchev–Trinajstić information content (AvgIpc) is 0.879. The molecule has 0 aliphatic rings. The number of hydrogen-bond donors (Lipinski definition) is 0. The van der Waals surface area contributed by atoms with Gasteiger partial charge in [0, 0.05) is 49.4 Å². The lowest BCUT2D eigenvalue weighted by atomic mass is 9.81. The van der Waals surface area contributed by atoms with Crippen LogP contribution in [0, 0.1) is 0 Å². The predicted octanol–water partition coefficient (Wildman–Crippen LogP) is 29.7. The third kappa shape index (κ3) is 9.05. The molecular formula is C104H62O2. The van der Waals surface area contributed by atoms with E-state index in [0.717, 1.165) is 93.9 Å². The smallest absolute Gasteiger partial charge is 0.143 e. The van der Waals surface area contributed by atoms with Gasteiger partial charge in [0.15, 0.2) is 0 Å². The van der Waals surface area contributed by atoms with E-state index in [1.165, 1.54) is 136 Å². The van der Waals surface area contributed by atoms with Crippen molar-refractivity contribution in [3.8, 4) is 100 Å². The molecule has 2 aromatic heterocycles. The largest absolute Gasteiger partial charge is 0.455 e. The summed E-state index contributed by atoms with van der Waals surface area (Å²) in [4.78, 5) is 0. The summed E-state index contributed by atoms with van der Waals surface area (Å²) in [6.07, 6.45) is 0. The van der Waals surface area contributed by atoms with E-state index in [1.54, 1.807) is 0 Å². The first-order chi connectivity index (χ1) is 52.6. The van der Waals surface area contributed by atoms with E-state index < -0.39 is 0 Å². The first-order valence-electron chi connectivity index (χ1n) is 36.6. The molecule has 2 nitrogen and oxygen atoms in total. The van der Waals surface area contributed by atoms with E-state index in [-0.39, 0.29) is 0 Å². The first kappa shape index (κ1) is 59.7. The van der Waals surface area contributed by atoms with Crippen LogP contribution in [0.2, 0.25) is 0 Å². The lowest BCUT2D eigenvalue weighted by Crippen LogP contribution is -1.94. The number of fused-ring (bicyclic) bond motifs is 14. The molecule has 0 unspecified atom stereocenters. The van der Waals surface area contributed by atoms with Crippen LogP contribution in [0.5, 0.6) is 0 Å². The van der Waals surface area contributed by atoms with Crippen molar-refractivity contribution in [3.63, 3.8) is 0 Å². The van der Waals surface area contributed by atoms with Crippen molar-refractivity contribution >= 4 is 130 Å². The fourth-order valence-electron chi connectivity index (χ4n) is 18.1. The SMILES string of the molecule is c1ccc(-c2ccc3c(oc4ccccc43)c2-c2c3ccccc3c(-c3ccc(-c4ccc(-c5ccc(-c6ccccc6)c6oc7c(-c8c9ccccc9c(-c9ccc(-c%10ccc%11ccccc%11c%10)c%10ccccc9%10)c9ccccc89)cccc7c56)c5ccccc45)c4ccccc34)c3ccccc23)cc1. The quantitative estimate of drug-likeness (QED) is 0.135. The highest BCUT2D eigenvalue weighted by Gasteiger charge is 2.28. The van der Waals surface area contributed by atoms with Crippen molar-refractivity contribution in [2.45, 2.75) is 0 Å². The summed E-state index contributed by atoms with van der Waals surface area (Å²) in [5.41, 5.74) is 24.3. The Morgan fingerprint density at radius 1 is 0.142 bits per heavy atom. The molecule has 0 bridgehead atoms. The number of hydrogen-bond acceptors (Lipinski definition) is 2. The Labute approximate surface area is 611 Å². The molecule has 0 spiro atoms. The van der Waals surface area contributed by atoms with Crippen LogP contribution in [0.1, 0.15) is 0 Å². The number of para-hydroxylation sites is 2. The summed E-state index contributed by atoms with van der Waals surface area (Å²) in [6, 6.07) is 139. The van der Waals surface area contributed by atoms with Crippen molar-refractivity contribution in [2.75, 3.05) is 0 Å². The Hall–Kier alpha value is -13.9. The van der Waals surface area contributed by atoms with Crippen LogP contribution in [0.4, 0.5) is 0 Å². The Morgan fingerprint density at radius 3 is 1.05 bits per heavy atom. The number of furan rings is 2. The minimum absolute atomic E-state index is 0.860. The minimum atomic E-state index is 0.860. The van der Waals surface area contributed by atoms with E-state index in [2.05, 4.69) is 376 Å². The molecule has 0 saturated heterocycles. The normalized spacial score (nSPS) is 12.0. The summed E-state index contributed by atoms with van der Waals surface area (Å²) < 4.78 is 14.7. The van der Waals surface area contributed by atoms with Crippen molar-refractivity contribution < 1.29 is 8.83 Å². The zero-order valence-corrected chi connectivity index (χ0v) is 57.6. The Kier molecular flexibility index (Phi) is 13.4. The van der Waals surface area contributed by atoms with Crippen LogP contribution in [0.15, 0.2) is 385 Å². The number of rotatable bonds is 9. The van der Waals surface area contributed by atoms with Crippen LogP contribution in [-0.4, -0.2) is 0 Å². The summed E-state index contributed by atoms with van der Waals surface area (Å²) in [5.74, 6) is 0. The molecule has 0 fully saturated rings. The molecule has 0 saturated carbocycles. The summed E-state index contributed by atoms with van der Waals surface area (Å²) >= 11 is 0. The van der Waals surface area contributed by atoms with Gasteiger partial charge in [0.1, 0.15) is 22.3 Å². The van der Waals surface area contributed by atoms with Gasteiger partial charge in [-0.25, -0.2) is 0 Å². The van der Waals surface area contributed by atoms with E-state index >= 15 is 0 Å². The Balaban J connectivity index is 0.717. The van der Waals surface area contributed by atoms with E-state index in [9.17, 15) is 0 Å². The van der Waals surface area contributed by atoms with Crippen molar-refractivity contribution in [1.29, 1.82) is 0 Å². The average molecular weight is 1340 g/mol. The molecule has 0 aliphatic carbocycles. The molecule has 106 heavy (non-hydrogen) atoms. The summed E-state index contributed by atoms with van der Waals surface area (Å²) in [6.45, 7) is 0. The second-order valence-corrected chi connectivity index (χ2v) is 28.2. The van der Waals surface area contributed by atoms with Gasteiger partial charge in [0.05, 0.1) is 0 Å². The van der Waals surface area contributed by atoms with Crippen LogP contribution >= 0.6 is 0 Å². The highest BCUT2D eigenvalue weighted by molar-refractivity contribution is 6.31. The maximum atomic E-state index is 7.67. The van der Waals surface area contributed by atoms with E-state index in [1.807, 2.05) is 0 Å².